The van der Waals surface area contributed by atoms with E-state index in [0.717, 1.165) is 6.16 Å². The molecule has 3 rings (SSSR count). The van der Waals surface area contributed by atoms with Crippen molar-refractivity contribution in [3.8, 4) is 0 Å². The van der Waals surface area contributed by atoms with Crippen molar-refractivity contribution >= 4 is 41.9 Å². The second-order valence-electron chi connectivity index (χ2n) is 6.91. The van der Waals surface area contributed by atoms with Gasteiger partial charge in [0.05, 0.1) is 12.4 Å². The lowest BCUT2D eigenvalue weighted by Crippen LogP contribution is -2.31. The number of ether oxygens (including phenoxy) is 1. The molecule has 1 aliphatic rings. The maximum absolute atomic E-state index is 10.5. The predicted octanol–water partition coefficient (Wildman–Crippen LogP) is 0.849. The van der Waals surface area contributed by atoms with Crippen molar-refractivity contribution in [2.75, 3.05) is 31.5 Å². The molecular weight excluding hydrogens is 361 g/mol. The highest BCUT2D eigenvalue weighted by Gasteiger charge is 2.44. The van der Waals surface area contributed by atoms with E-state index in [4.69, 9.17) is 10.5 Å². The molecule has 0 saturated carbocycles. The molecule has 0 radical (unpaired) electrons. The number of imidazole rings is 1. The van der Waals surface area contributed by atoms with E-state index in [1.807, 2.05) is 6.26 Å². The van der Waals surface area contributed by atoms with E-state index in [0.29, 0.717) is 22.7 Å². The molecule has 1 fully saturated rings. The number of aliphatic hydroxyl groups is 2. The van der Waals surface area contributed by atoms with Gasteiger partial charge >= 0.3 is 0 Å². The average Bonchev–Trinajstić information content (AvgIpc) is 3.08. The zero-order valence-corrected chi connectivity index (χ0v) is 16.2. The first-order valence-corrected chi connectivity index (χ1v) is 12.2. The van der Waals surface area contributed by atoms with Crippen molar-refractivity contribution in [3.05, 3.63) is 6.33 Å². The molecule has 1 aliphatic heterocycles. The fourth-order valence-corrected chi connectivity index (χ4v) is 4.19. The smallest absolute Gasteiger partial charge is 0.191 e. The van der Waals surface area contributed by atoms with Gasteiger partial charge in [0.25, 0.3) is 0 Å². The molecule has 0 bridgehead atoms. The minimum absolute atomic E-state index is 0.279. The minimum atomic E-state index is -1.23. The van der Waals surface area contributed by atoms with Crippen LogP contribution in [0.15, 0.2) is 11.5 Å². The van der Waals surface area contributed by atoms with Gasteiger partial charge in [-0.1, -0.05) is 11.8 Å². The van der Waals surface area contributed by atoms with Crippen molar-refractivity contribution in [1.82, 2.24) is 19.5 Å². The third kappa shape index (κ3) is 3.71. The molecule has 4 N–H and O–H groups in total. The molecule has 0 spiro atoms. The van der Waals surface area contributed by atoms with Gasteiger partial charge in [-0.2, -0.15) is 0 Å². The molecule has 138 valence electrons. The summed E-state index contributed by atoms with van der Waals surface area (Å²) in [5.74, 6) is 0.279. The summed E-state index contributed by atoms with van der Waals surface area (Å²) in [4.78, 5) is 12.8. The molecule has 2 aromatic heterocycles. The lowest BCUT2D eigenvalue weighted by molar-refractivity contribution is -0.0353. The number of thioether (sulfide) groups is 1. The molecule has 1 saturated heterocycles. The fraction of sp³-hybridized carbons (Fsp3) is 0.600. The topological polar surface area (TPSA) is 119 Å². The number of nitrogen functional groups attached to an aromatic ring is 1. The Balaban J connectivity index is 1.90. The molecule has 0 amide bonds. The number of nitrogens with zero attached hydrogens (tertiary/aromatic N) is 4. The van der Waals surface area contributed by atoms with Crippen molar-refractivity contribution in [1.29, 1.82) is 0 Å². The largest absolute Gasteiger partial charge is 0.388 e. The lowest BCUT2D eigenvalue weighted by atomic mass is 10.1. The Kier molecular flexibility index (Phi) is 5.14. The quantitative estimate of drug-likeness (QED) is 0.394. The van der Waals surface area contributed by atoms with Crippen LogP contribution in [-0.4, -0.2) is 80.1 Å². The summed E-state index contributed by atoms with van der Waals surface area (Å²) in [5.41, 5.74) is 6.87. The van der Waals surface area contributed by atoms with Crippen LogP contribution >= 0.6 is 18.6 Å². The molecule has 1 unspecified atom stereocenters. The van der Waals surface area contributed by atoms with Crippen LogP contribution in [0.25, 0.3) is 11.2 Å². The molecule has 0 aliphatic carbocycles. The van der Waals surface area contributed by atoms with Crippen LogP contribution in [0.2, 0.25) is 0 Å². The monoisotopic (exact) mass is 385 g/mol. The van der Waals surface area contributed by atoms with Crippen LogP contribution in [0, 0.1) is 0 Å². The summed E-state index contributed by atoms with van der Waals surface area (Å²) >= 11 is 1.37. The molecule has 2 aromatic rings. The van der Waals surface area contributed by atoms with Gasteiger partial charge in [-0.25, -0.2) is 15.0 Å². The van der Waals surface area contributed by atoms with Crippen LogP contribution < -0.4 is 5.73 Å². The Labute approximate surface area is 150 Å². The van der Waals surface area contributed by atoms with Crippen LogP contribution in [-0.2, 0) is 4.74 Å². The van der Waals surface area contributed by atoms with Gasteiger partial charge in [-0.3, -0.25) is 4.57 Å². The number of nitrogens with two attached hydrogens (primary N) is 1. The van der Waals surface area contributed by atoms with Crippen molar-refractivity contribution in [3.63, 3.8) is 0 Å². The van der Waals surface area contributed by atoms with E-state index in [2.05, 4.69) is 34.6 Å². The first-order chi connectivity index (χ1) is 11.7. The first kappa shape index (κ1) is 18.7. The van der Waals surface area contributed by atoms with Gasteiger partial charge in [-0.15, -0.1) is 13.2 Å². The Morgan fingerprint density at radius 3 is 2.72 bits per heavy atom. The maximum Gasteiger partial charge on any atom is 0.191 e. The summed E-state index contributed by atoms with van der Waals surface area (Å²) in [5, 5.41) is 21.4. The van der Waals surface area contributed by atoms with Crippen LogP contribution in [0.4, 0.5) is 5.82 Å². The van der Waals surface area contributed by atoms with E-state index >= 15 is 0 Å². The van der Waals surface area contributed by atoms with E-state index in [1.165, 1.54) is 18.1 Å². The highest BCUT2D eigenvalue weighted by Crippen LogP contribution is 2.40. The Hall–Kier alpha value is -1.12. The van der Waals surface area contributed by atoms with Crippen molar-refractivity contribution < 1.29 is 14.9 Å². The van der Waals surface area contributed by atoms with Crippen molar-refractivity contribution in [2.45, 2.75) is 36.1 Å². The normalized spacial score (nSPS) is 27.2. The molecular formula is C15H24N5O3PS. The Morgan fingerprint density at radius 1 is 1.36 bits per heavy atom. The number of rotatable bonds is 5. The molecule has 25 heavy (non-hydrogen) atoms. The van der Waals surface area contributed by atoms with E-state index in [9.17, 15) is 10.2 Å². The van der Waals surface area contributed by atoms with Crippen LogP contribution in [0.3, 0.4) is 0 Å². The number of fused-ring (bicyclic) bond motifs is 1. The summed E-state index contributed by atoms with van der Waals surface area (Å²) in [6.45, 7) is 3.04. The minimum Gasteiger partial charge on any atom is -0.388 e. The zero-order valence-electron chi connectivity index (χ0n) is 14.5. The maximum atomic E-state index is 10.5. The number of hydrogen-bond acceptors (Lipinski definition) is 8. The van der Waals surface area contributed by atoms with Crippen LogP contribution in [0.1, 0.15) is 12.6 Å². The zero-order chi connectivity index (χ0) is 18.4. The highest BCUT2D eigenvalue weighted by atomic mass is 32.2. The first-order valence-electron chi connectivity index (χ1n) is 7.94. The lowest BCUT2D eigenvalue weighted by Gasteiger charge is -2.18. The SMILES string of the molecule is C=P(C)(C)CCC1O[C@@H](n2cnc3c(N)nc(SC)nc32)[C@H](O)[C@@H]1O. The second kappa shape index (κ2) is 6.89. The molecule has 4 atom stereocenters. The standard InChI is InChI=1S/C15H24N5O3PS/c1-24(2,3)6-5-8-10(21)11(22)14(23-8)20-7-17-9-12(16)18-15(25-4)19-13(9)20/h7-8,10-11,14,21-22H,1,5-6H2,2-4H3,(H2,16,18,19)/t8?,10-,11-,14-/m1/s1. The van der Waals surface area contributed by atoms with Crippen molar-refractivity contribution in [2.24, 2.45) is 0 Å². The summed E-state index contributed by atoms with van der Waals surface area (Å²) in [7, 11) is 0. The molecule has 3 heterocycles. The number of aliphatic hydroxyl groups excluding tert-OH is 2. The molecule has 0 aromatic carbocycles. The summed E-state index contributed by atoms with van der Waals surface area (Å²) in [6.07, 6.45) is 5.83. The van der Waals surface area contributed by atoms with E-state index in [1.54, 1.807) is 4.57 Å². The molecule has 10 heteroatoms. The number of anilines is 1. The van der Waals surface area contributed by atoms with Gasteiger partial charge in [0, 0.05) is 0 Å². The number of hydrogen-bond donors (Lipinski definition) is 3. The Bertz CT molecular complexity index is 823. The van der Waals surface area contributed by atoms with Gasteiger partial charge in [0.1, 0.15) is 17.7 Å². The second-order valence-corrected chi connectivity index (χ2v) is 12.0. The molecule has 8 nitrogen and oxygen atoms in total. The third-order valence-corrected chi connectivity index (χ3v) is 6.26. The predicted molar refractivity (Wildman–Crippen MR) is 103 cm³/mol. The average molecular weight is 385 g/mol. The van der Waals surface area contributed by atoms with E-state index < -0.39 is 31.4 Å². The highest BCUT2D eigenvalue weighted by molar-refractivity contribution is 7.98. The summed E-state index contributed by atoms with van der Waals surface area (Å²) in [6, 6.07) is 0. The van der Waals surface area contributed by atoms with Gasteiger partial charge in [0.2, 0.25) is 0 Å². The van der Waals surface area contributed by atoms with Gasteiger partial charge in [-0.05, 0) is 32.2 Å². The Morgan fingerprint density at radius 2 is 2.08 bits per heavy atom. The number of aromatic nitrogens is 4. The fourth-order valence-electron chi connectivity index (χ4n) is 2.87. The van der Waals surface area contributed by atoms with Gasteiger partial charge < -0.3 is 20.7 Å². The third-order valence-electron chi connectivity index (χ3n) is 4.24. The van der Waals surface area contributed by atoms with Gasteiger partial charge in [0.15, 0.2) is 22.8 Å². The van der Waals surface area contributed by atoms with Crippen LogP contribution in [0.5, 0.6) is 0 Å². The van der Waals surface area contributed by atoms with E-state index in [-0.39, 0.29) is 5.82 Å². The summed E-state index contributed by atoms with van der Waals surface area (Å²) < 4.78 is 7.57.